The average Bonchev–Trinajstić information content (AvgIpc) is 2.57. The third kappa shape index (κ3) is 4.92. The van der Waals surface area contributed by atoms with Gasteiger partial charge in [-0.25, -0.2) is 0 Å². The summed E-state index contributed by atoms with van der Waals surface area (Å²) in [6, 6.07) is 0.772. The number of hydrogen-bond donors (Lipinski definition) is 1. The second-order valence-corrected chi connectivity index (χ2v) is 7.09. The van der Waals surface area contributed by atoms with E-state index in [1.807, 2.05) is 0 Å². The van der Waals surface area contributed by atoms with Gasteiger partial charge < -0.3 is 10.1 Å². The van der Waals surface area contributed by atoms with Crippen LogP contribution >= 0.6 is 0 Å². The highest BCUT2D eigenvalue weighted by molar-refractivity contribution is 4.83. The van der Waals surface area contributed by atoms with Crippen molar-refractivity contribution in [2.24, 2.45) is 5.92 Å². The molecule has 2 saturated heterocycles. The molecule has 1 unspecified atom stereocenters. The summed E-state index contributed by atoms with van der Waals surface area (Å²) in [5, 5.41) is 3.50. The lowest BCUT2D eigenvalue weighted by atomic mass is 9.84. The lowest BCUT2D eigenvalue weighted by Gasteiger charge is -2.40. The zero-order chi connectivity index (χ0) is 14.3. The van der Waals surface area contributed by atoms with Crippen LogP contribution in [0.15, 0.2) is 0 Å². The first-order valence-electron chi connectivity index (χ1n) is 9.17. The predicted octanol–water partition coefficient (Wildman–Crippen LogP) is 1.56. The highest BCUT2D eigenvalue weighted by atomic mass is 16.5. The van der Waals surface area contributed by atoms with E-state index in [1.165, 1.54) is 71.2 Å². The fraction of sp³-hybridized carbons (Fsp3) is 1.00. The van der Waals surface area contributed by atoms with Crippen molar-refractivity contribution in [1.29, 1.82) is 0 Å². The highest BCUT2D eigenvalue weighted by Crippen LogP contribution is 2.29. The van der Waals surface area contributed by atoms with E-state index in [2.05, 4.69) is 15.1 Å². The number of ether oxygens (including phenoxy) is 1. The maximum Gasteiger partial charge on any atom is 0.0594 e. The molecule has 1 N–H and O–H groups in total. The Morgan fingerprint density at radius 1 is 0.952 bits per heavy atom. The molecule has 4 heteroatoms. The highest BCUT2D eigenvalue weighted by Gasteiger charge is 2.27. The van der Waals surface area contributed by atoms with Crippen LogP contribution in [0.25, 0.3) is 0 Å². The monoisotopic (exact) mass is 295 g/mol. The summed E-state index contributed by atoms with van der Waals surface area (Å²) in [7, 11) is 0. The molecule has 4 nitrogen and oxygen atoms in total. The average molecular weight is 295 g/mol. The van der Waals surface area contributed by atoms with Crippen molar-refractivity contribution in [3.63, 3.8) is 0 Å². The molecule has 0 spiro atoms. The van der Waals surface area contributed by atoms with Crippen molar-refractivity contribution in [3.8, 4) is 0 Å². The van der Waals surface area contributed by atoms with Crippen LogP contribution in [0.5, 0.6) is 0 Å². The molecule has 1 saturated carbocycles. The SMILES string of the molecule is C1CCC(CC(CN2CCOCC2)N2CCNCC2)CC1. The molecule has 0 aromatic rings. The van der Waals surface area contributed by atoms with E-state index in [4.69, 9.17) is 4.74 Å². The summed E-state index contributed by atoms with van der Waals surface area (Å²) in [5.41, 5.74) is 0. The number of morpholine rings is 1. The Balaban J connectivity index is 1.55. The van der Waals surface area contributed by atoms with Gasteiger partial charge in [-0.1, -0.05) is 32.1 Å². The number of hydrogen-bond acceptors (Lipinski definition) is 4. The molecule has 3 aliphatic rings. The molecule has 2 heterocycles. The quantitative estimate of drug-likeness (QED) is 0.833. The molecule has 21 heavy (non-hydrogen) atoms. The lowest BCUT2D eigenvalue weighted by Crippen LogP contribution is -2.53. The molecular formula is C17H33N3O. The maximum atomic E-state index is 5.51. The van der Waals surface area contributed by atoms with Gasteiger partial charge in [-0.2, -0.15) is 0 Å². The van der Waals surface area contributed by atoms with Gasteiger partial charge in [0.25, 0.3) is 0 Å². The normalized spacial score (nSPS) is 28.6. The van der Waals surface area contributed by atoms with Crippen molar-refractivity contribution in [3.05, 3.63) is 0 Å². The summed E-state index contributed by atoms with van der Waals surface area (Å²) in [6.07, 6.45) is 8.79. The first kappa shape index (κ1) is 15.7. The molecule has 1 aliphatic carbocycles. The van der Waals surface area contributed by atoms with Crippen molar-refractivity contribution >= 4 is 0 Å². The van der Waals surface area contributed by atoms with Crippen molar-refractivity contribution in [1.82, 2.24) is 15.1 Å². The molecule has 3 fully saturated rings. The number of nitrogens with zero attached hydrogens (tertiary/aromatic N) is 2. The van der Waals surface area contributed by atoms with Gasteiger partial charge in [0, 0.05) is 51.9 Å². The molecule has 0 bridgehead atoms. The van der Waals surface area contributed by atoms with Crippen LogP contribution in [-0.2, 0) is 4.74 Å². The van der Waals surface area contributed by atoms with Crippen LogP contribution in [-0.4, -0.2) is 74.9 Å². The van der Waals surface area contributed by atoms with Crippen LogP contribution in [0.1, 0.15) is 38.5 Å². The first-order valence-corrected chi connectivity index (χ1v) is 9.17. The zero-order valence-corrected chi connectivity index (χ0v) is 13.6. The van der Waals surface area contributed by atoms with Gasteiger partial charge in [0.1, 0.15) is 0 Å². The molecule has 0 aromatic heterocycles. The molecule has 1 atom stereocenters. The van der Waals surface area contributed by atoms with E-state index in [0.29, 0.717) is 0 Å². The lowest BCUT2D eigenvalue weighted by molar-refractivity contribution is 0.0165. The third-order valence-electron chi connectivity index (χ3n) is 5.57. The van der Waals surface area contributed by atoms with E-state index in [0.717, 1.165) is 38.3 Å². The minimum Gasteiger partial charge on any atom is -0.379 e. The number of piperazine rings is 1. The van der Waals surface area contributed by atoms with Gasteiger partial charge >= 0.3 is 0 Å². The molecule has 0 aromatic carbocycles. The summed E-state index contributed by atoms with van der Waals surface area (Å²) < 4.78 is 5.51. The van der Waals surface area contributed by atoms with Crippen LogP contribution in [0.4, 0.5) is 0 Å². The minimum absolute atomic E-state index is 0.772. The van der Waals surface area contributed by atoms with Crippen LogP contribution in [0.3, 0.4) is 0 Å². The molecule has 0 radical (unpaired) electrons. The van der Waals surface area contributed by atoms with Crippen LogP contribution in [0, 0.1) is 5.92 Å². The Morgan fingerprint density at radius 3 is 2.38 bits per heavy atom. The summed E-state index contributed by atoms with van der Waals surface area (Å²) in [6.45, 7) is 10.2. The molecule has 3 rings (SSSR count). The van der Waals surface area contributed by atoms with E-state index in [1.54, 1.807) is 0 Å². The van der Waals surface area contributed by atoms with Gasteiger partial charge in [-0.15, -0.1) is 0 Å². The Hall–Kier alpha value is -0.160. The minimum atomic E-state index is 0.772. The largest absolute Gasteiger partial charge is 0.379 e. The second kappa shape index (κ2) is 8.47. The second-order valence-electron chi connectivity index (χ2n) is 7.09. The summed E-state index contributed by atoms with van der Waals surface area (Å²) in [4.78, 5) is 5.40. The Kier molecular flexibility index (Phi) is 6.34. The first-order chi connectivity index (χ1) is 10.4. The van der Waals surface area contributed by atoms with Crippen molar-refractivity contribution in [2.75, 3.05) is 59.0 Å². The van der Waals surface area contributed by atoms with Gasteiger partial charge in [-0.05, 0) is 12.3 Å². The van der Waals surface area contributed by atoms with Gasteiger partial charge in [0.05, 0.1) is 13.2 Å². The van der Waals surface area contributed by atoms with Crippen molar-refractivity contribution < 1.29 is 4.74 Å². The standard InChI is InChI=1S/C17H33N3O/c1-2-4-16(5-3-1)14-17(20-8-6-18-7-9-20)15-19-10-12-21-13-11-19/h16-18H,1-15H2. The van der Waals surface area contributed by atoms with Crippen LogP contribution < -0.4 is 5.32 Å². The van der Waals surface area contributed by atoms with E-state index < -0.39 is 0 Å². The zero-order valence-electron chi connectivity index (χ0n) is 13.6. The van der Waals surface area contributed by atoms with E-state index in [-0.39, 0.29) is 0 Å². The molecule has 0 amide bonds. The summed E-state index contributed by atoms with van der Waals surface area (Å²) in [5.74, 6) is 0.986. The fourth-order valence-corrected chi connectivity index (χ4v) is 4.28. The molecular weight excluding hydrogens is 262 g/mol. The third-order valence-corrected chi connectivity index (χ3v) is 5.57. The van der Waals surface area contributed by atoms with Gasteiger partial charge in [-0.3, -0.25) is 9.80 Å². The maximum absolute atomic E-state index is 5.51. The van der Waals surface area contributed by atoms with Crippen LogP contribution in [0.2, 0.25) is 0 Å². The Bertz CT molecular complexity index is 262. The molecule has 122 valence electrons. The summed E-state index contributed by atoms with van der Waals surface area (Å²) >= 11 is 0. The fourth-order valence-electron chi connectivity index (χ4n) is 4.28. The molecule has 2 aliphatic heterocycles. The van der Waals surface area contributed by atoms with Gasteiger partial charge in [0.15, 0.2) is 0 Å². The number of nitrogens with one attached hydrogen (secondary N) is 1. The van der Waals surface area contributed by atoms with Crippen molar-refractivity contribution in [2.45, 2.75) is 44.6 Å². The van der Waals surface area contributed by atoms with E-state index >= 15 is 0 Å². The Morgan fingerprint density at radius 2 is 1.67 bits per heavy atom. The van der Waals surface area contributed by atoms with E-state index in [9.17, 15) is 0 Å². The number of rotatable bonds is 5. The van der Waals surface area contributed by atoms with Gasteiger partial charge in [0.2, 0.25) is 0 Å². The Labute approximate surface area is 130 Å². The smallest absolute Gasteiger partial charge is 0.0594 e. The predicted molar refractivity (Wildman–Crippen MR) is 86.7 cm³/mol. The topological polar surface area (TPSA) is 27.7 Å².